The number of carbonyl (C=O) groups excluding carboxylic acids is 2. The standard InChI is InChI=1S/C22H34N4O2S/c1-15(2)8-9-23-20(27)17-6-7-18-19(14-17)29-22(24-18)26-12-10-25(11-13-26)21(28)16-4-3-5-16/h15-17H,3-14H2,1-2H3,(H,23,27). The van der Waals surface area contributed by atoms with Gasteiger partial charge in [-0.05, 0) is 44.4 Å². The van der Waals surface area contributed by atoms with Crippen LogP contribution in [0.15, 0.2) is 0 Å². The summed E-state index contributed by atoms with van der Waals surface area (Å²) in [5, 5.41) is 4.19. The number of hydrogen-bond donors (Lipinski definition) is 1. The zero-order valence-electron chi connectivity index (χ0n) is 17.8. The largest absolute Gasteiger partial charge is 0.356 e. The van der Waals surface area contributed by atoms with Gasteiger partial charge in [-0.3, -0.25) is 9.59 Å². The predicted molar refractivity (Wildman–Crippen MR) is 116 cm³/mol. The molecule has 0 aromatic carbocycles. The van der Waals surface area contributed by atoms with E-state index >= 15 is 0 Å². The summed E-state index contributed by atoms with van der Waals surface area (Å²) in [6.07, 6.45) is 7.00. The minimum atomic E-state index is 0.0832. The molecular formula is C22H34N4O2S. The molecule has 1 aliphatic heterocycles. The van der Waals surface area contributed by atoms with Gasteiger partial charge in [-0.2, -0.15) is 0 Å². The summed E-state index contributed by atoms with van der Waals surface area (Å²) in [5.74, 6) is 1.55. The molecule has 29 heavy (non-hydrogen) atoms. The monoisotopic (exact) mass is 418 g/mol. The number of nitrogens with zero attached hydrogens (tertiary/aromatic N) is 3. The number of fused-ring (bicyclic) bond motifs is 1. The quantitative estimate of drug-likeness (QED) is 0.772. The fourth-order valence-corrected chi connectivity index (χ4v) is 5.62. The molecule has 2 amide bonds. The van der Waals surface area contributed by atoms with Gasteiger partial charge in [0.1, 0.15) is 0 Å². The molecule has 7 heteroatoms. The average Bonchev–Trinajstić information content (AvgIpc) is 3.09. The van der Waals surface area contributed by atoms with Crippen molar-refractivity contribution < 1.29 is 9.59 Å². The zero-order chi connectivity index (χ0) is 20.4. The lowest BCUT2D eigenvalue weighted by atomic mass is 9.84. The van der Waals surface area contributed by atoms with Gasteiger partial charge in [0.15, 0.2) is 5.13 Å². The van der Waals surface area contributed by atoms with Gasteiger partial charge >= 0.3 is 0 Å². The molecule has 1 atom stereocenters. The molecule has 0 radical (unpaired) electrons. The van der Waals surface area contributed by atoms with Crippen LogP contribution in [0.5, 0.6) is 0 Å². The molecule has 1 N–H and O–H groups in total. The molecule has 1 aromatic rings. The highest BCUT2D eigenvalue weighted by atomic mass is 32.1. The van der Waals surface area contributed by atoms with Gasteiger partial charge in [0.25, 0.3) is 0 Å². The molecule has 1 saturated heterocycles. The van der Waals surface area contributed by atoms with E-state index in [1.54, 1.807) is 11.3 Å². The number of thiazole rings is 1. The summed E-state index contributed by atoms with van der Waals surface area (Å²) in [5.41, 5.74) is 1.18. The second-order valence-electron chi connectivity index (χ2n) is 9.22. The summed E-state index contributed by atoms with van der Waals surface area (Å²) in [7, 11) is 0. The molecule has 4 rings (SSSR count). The van der Waals surface area contributed by atoms with E-state index < -0.39 is 0 Å². The first-order chi connectivity index (χ1) is 14.0. The van der Waals surface area contributed by atoms with Crippen LogP contribution in [-0.2, 0) is 22.4 Å². The average molecular weight is 419 g/mol. The van der Waals surface area contributed by atoms with Crippen molar-refractivity contribution in [2.24, 2.45) is 17.8 Å². The van der Waals surface area contributed by atoms with E-state index in [2.05, 4.69) is 24.1 Å². The van der Waals surface area contributed by atoms with Crippen molar-refractivity contribution >= 4 is 28.3 Å². The third-order valence-electron chi connectivity index (χ3n) is 6.64. The second-order valence-corrected chi connectivity index (χ2v) is 10.3. The number of aromatic nitrogens is 1. The fraction of sp³-hybridized carbons (Fsp3) is 0.773. The zero-order valence-corrected chi connectivity index (χ0v) is 18.6. The molecule has 0 spiro atoms. The Morgan fingerprint density at radius 1 is 1.14 bits per heavy atom. The lowest BCUT2D eigenvalue weighted by Crippen LogP contribution is -2.51. The number of nitrogens with one attached hydrogen (secondary N) is 1. The molecule has 2 aliphatic carbocycles. The Labute approximate surface area is 178 Å². The van der Waals surface area contributed by atoms with E-state index in [4.69, 9.17) is 4.98 Å². The number of anilines is 1. The Bertz CT molecular complexity index is 735. The van der Waals surface area contributed by atoms with Crippen LogP contribution < -0.4 is 10.2 Å². The Balaban J connectivity index is 1.29. The first-order valence-corrected chi connectivity index (χ1v) is 12.1. The minimum Gasteiger partial charge on any atom is -0.356 e. The summed E-state index contributed by atoms with van der Waals surface area (Å²) in [6, 6.07) is 0. The van der Waals surface area contributed by atoms with Crippen LogP contribution in [0.3, 0.4) is 0 Å². The molecule has 6 nitrogen and oxygen atoms in total. The topological polar surface area (TPSA) is 65.5 Å². The number of piperazine rings is 1. The first-order valence-electron chi connectivity index (χ1n) is 11.3. The first kappa shape index (κ1) is 20.6. The molecule has 1 saturated carbocycles. The summed E-state index contributed by atoms with van der Waals surface area (Å²) >= 11 is 1.75. The van der Waals surface area contributed by atoms with Crippen LogP contribution >= 0.6 is 11.3 Å². The lowest BCUT2D eigenvalue weighted by molar-refractivity contribution is -0.138. The summed E-state index contributed by atoms with van der Waals surface area (Å²) < 4.78 is 0. The number of hydrogen-bond acceptors (Lipinski definition) is 5. The molecule has 2 heterocycles. The highest BCUT2D eigenvalue weighted by Crippen LogP contribution is 2.35. The number of amides is 2. The molecular weight excluding hydrogens is 384 g/mol. The van der Waals surface area contributed by atoms with Gasteiger partial charge in [0, 0.05) is 49.4 Å². The van der Waals surface area contributed by atoms with Gasteiger partial charge < -0.3 is 15.1 Å². The van der Waals surface area contributed by atoms with Crippen molar-refractivity contribution in [2.45, 2.75) is 58.8 Å². The highest BCUT2D eigenvalue weighted by Gasteiger charge is 2.33. The number of aryl methyl sites for hydroxylation is 1. The minimum absolute atomic E-state index is 0.0832. The molecule has 1 aromatic heterocycles. The van der Waals surface area contributed by atoms with Crippen LogP contribution in [0, 0.1) is 17.8 Å². The number of rotatable bonds is 6. The molecule has 0 bridgehead atoms. The van der Waals surface area contributed by atoms with Crippen LogP contribution in [-0.4, -0.2) is 54.4 Å². The van der Waals surface area contributed by atoms with Gasteiger partial charge in [-0.1, -0.05) is 20.3 Å². The van der Waals surface area contributed by atoms with Crippen molar-refractivity contribution in [3.63, 3.8) is 0 Å². The normalized spacial score (nSPS) is 22.4. The van der Waals surface area contributed by atoms with E-state index in [0.29, 0.717) is 11.8 Å². The predicted octanol–water partition coefficient (Wildman–Crippen LogP) is 2.86. The molecule has 3 aliphatic rings. The van der Waals surface area contributed by atoms with Crippen LogP contribution in [0.2, 0.25) is 0 Å². The maximum atomic E-state index is 12.5. The Morgan fingerprint density at radius 2 is 1.90 bits per heavy atom. The Kier molecular flexibility index (Phi) is 6.42. The maximum absolute atomic E-state index is 12.5. The van der Waals surface area contributed by atoms with E-state index in [9.17, 15) is 9.59 Å². The smallest absolute Gasteiger partial charge is 0.225 e. The van der Waals surface area contributed by atoms with Gasteiger partial charge in [-0.25, -0.2) is 4.98 Å². The Morgan fingerprint density at radius 3 is 2.55 bits per heavy atom. The Hall–Kier alpha value is -1.63. The third kappa shape index (κ3) is 4.76. The SMILES string of the molecule is CC(C)CCNC(=O)C1CCc2nc(N3CCN(C(=O)C4CCC4)CC3)sc2C1. The van der Waals surface area contributed by atoms with Gasteiger partial charge in [0.05, 0.1) is 5.69 Å². The van der Waals surface area contributed by atoms with Crippen molar-refractivity contribution in [1.82, 2.24) is 15.2 Å². The van der Waals surface area contributed by atoms with Crippen molar-refractivity contribution in [2.75, 3.05) is 37.6 Å². The van der Waals surface area contributed by atoms with Crippen LogP contribution in [0.1, 0.15) is 56.5 Å². The molecule has 160 valence electrons. The lowest BCUT2D eigenvalue weighted by Gasteiger charge is -2.38. The third-order valence-corrected chi connectivity index (χ3v) is 7.82. The van der Waals surface area contributed by atoms with Crippen LogP contribution in [0.25, 0.3) is 0 Å². The fourth-order valence-electron chi connectivity index (χ4n) is 4.38. The van der Waals surface area contributed by atoms with E-state index in [1.807, 2.05) is 4.90 Å². The van der Waals surface area contributed by atoms with Crippen molar-refractivity contribution in [1.29, 1.82) is 0 Å². The molecule has 2 fully saturated rings. The summed E-state index contributed by atoms with van der Waals surface area (Å²) in [6.45, 7) is 8.48. The second kappa shape index (κ2) is 9.02. The molecule has 1 unspecified atom stereocenters. The van der Waals surface area contributed by atoms with Crippen molar-refractivity contribution in [3.8, 4) is 0 Å². The van der Waals surface area contributed by atoms with Crippen LogP contribution in [0.4, 0.5) is 5.13 Å². The van der Waals surface area contributed by atoms with E-state index in [1.165, 1.54) is 17.0 Å². The van der Waals surface area contributed by atoms with Gasteiger partial charge in [-0.15, -0.1) is 11.3 Å². The highest BCUT2D eigenvalue weighted by molar-refractivity contribution is 7.15. The van der Waals surface area contributed by atoms with E-state index in [0.717, 1.165) is 76.4 Å². The van der Waals surface area contributed by atoms with Gasteiger partial charge in [0.2, 0.25) is 11.8 Å². The van der Waals surface area contributed by atoms with E-state index in [-0.39, 0.29) is 17.7 Å². The van der Waals surface area contributed by atoms with Crippen molar-refractivity contribution in [3.05, 3.63) is 10.6 Å². The summed E-state index contributed by atoms with van der Waals surface area (Å²) in [4.78, 5) is 35.5. The number of carbonyl (C=O) groups is 2. The maximum Gasteiger partial charge on any atom is 0.225 e.